The van der Waals surface area contributed by atoms with E-state index in [0.717, 1.165) is 38.2 Å². The zero-order valence-corrected chi connectivity index (χ0v) is 13.7. The molecule has 0 unspecified atom stereocenters. The number of carbonyl (C=O) groups is 1. The number of hydrogen-bond donors (Lipinski definition) is 2. The molecule has 0 radical (unpaired) electrons. The highest BCUT2D eigenvalue weighted by molar-refractivity contribution is 5.87. The zero-order chi connectivity index (χ0) is 16.8. The molecule has 1 saturated heterocycles. The summed E-state index contributed by atoms with van der Waals surface area (Å²) in [7, 11) is 0. The number of carboxylic acid groups (broad SMARTS) is 1. The predicted molar refractivity (Wildman–Crippen MR) is 93.3 cm³/mol. The summed E-state index contributed by atoms with van der Waals surface area (Å²) < 4.78 is 5.56. The van der Waals surface area contributed by atoms with Gasteiger partial charge in [-0.05, 0) is 36.1 Å². The lowest BCUT2D eigenvalue weighted by Crippen LogP contribution is -2.42. The van der Waals surface area contributed by atoms with E-state index < -0.39 is 5.97 Å². The molecule has 0 bridgehead atoms. The Morgan fingerprint density at radius 3 is 2.54 bits per heavy atom. The Labute approximate surface area is 142 Å². The topological polar surface area (TPSA) is 58.6 Å². The Balaban J connectivity index is 1.68. The summed E-state index contributed by atoms with van der Waals surface area (Å²) in [5, 5.41) is 12.6. The summed E-state index contributed by atoms with van der Waals surface area (Å²) in [5.74, 6) is -0.887. The van der Waals surface area contributed by atoms with Crippen LogP contribution in [-0.2, 0) is 16.7 Å². The SMILES string of the molecule is O=C(O)c1cccc(CNCC2(c3ccccc3)CCOCC2)c1. The number of ether oxygens (including phenoxy) is 1. The fraction of sp³-hybridized carbons (Fsp3) is 0.350. The lowest BCUT2D eigenvalue weighted by Gasteiger charge is -2.38. The van der Waals surface area contributed by atoms with Gasteiger partial charge in [0.05, 0.1) is 5.56 Å². The molecule has 1 fully saturated rings. The maximum Gasteiger partial charge on any atom is 0.335 e. The van der Waals surface area contributed by atoms with Crippen molar-refractivity contribution in [3.63, 3.8) is 0 Å². The third-order valence-electron chi connectivity index (χ3n) is 4.80. The van der Waals surface area contributed by atoms with Gasteiger partial charge in [-0.15, -0.1) is 0 Å². The van der Waals surface area contributed by atoms with E-state index in [4.69, 9.17) is 9.84 Å². The molecule has 0 amide bonds. The van der Waals surface area contributed by atoms with E-state index in [0.29, 0.717) is 12.1 Å². The summed E-state index contributed by atoms with van der Waals surface area (Å²) in [6.45, 7) is 3.09. The Hall–Kier alpha value is -2.17. The first-order valence-electron chi connectivity index (χ1n) is 8.36. The van der Waals surface area contributed by atoms with Crippen LogP contribution in [0.2, 0.25) is 0 Å². The first-order valence-corrected chi connectivity index (χ1v) is 8.36. The van der Waals surface area contributed by atoms with E-state index in [2.05, 4.69) is 29.6 Å². The standard InChI is InChI=1S/C20H23NO3/c22-19(23)17-6-4-5-16(13-17)14-21-15-20(9-11-24-12-10-20)18-7-2-1-3-8-18/h1-8,13,21H,9-12,14-15H2,(H,22,23). The third-order valence-corrected chi connectivity index (χ3v) is 4.80. The van der Waals surface area contributed by atoms with Gasteiger partial charge in [-0.3, -0.25) is 0 Å². The average molecular weight is 325 g/mol. The fourth-order valence-electron chi connectivity index (χ4n) is 3.38. The molecule has 1 aliphatic heterocycles. The molecule has 126 valence electrons. The van der Waals surface area contributed by atoms with Gasteiger partial charge in [0.15, 0.2) is 0 Å². The molecule has 2 aromatic carbocycles. The normalized spacial score (nSPS) is 16.7. The number of nitrogens with one attached hydrogen (secondary N) is 1. The van der Waals surface area contributed by atoms with Gasteiger partial charge in [0.2, 0.25) is 0 Å². The summed E-state index contributed by atoms with van der Waals surface area (Å²) in [6.07, 6.45) is 2.00. The number of rotatable bonds is 6. The van der Waals surface area contributed by atoms with Crippen LogP contribution in [0.15, 0.2) is 54.6 Å². The van der Waals surface area contributed by atoms with E-state index >= 15 is 0 Å². The molecule has 1 aliphatic rings. The number of benzene rings is 2. The zero-order valence-electron chi connectivity index (χ0n) is 13.7. The first-order chi connectivity index (χ1) is 11.7. The van der Waals surface area contributed by atoms with Crippen LogP contribution in [0.1, 0.15) is 34.3 Å². The summed E-state index contributed by atoms with van der Waals surface area (Å²) in [4.78, 5) is 11.1. The molecule has 3 rings (SSSR count). The van der Waals surface area contributed by atoms with Crippen molar-refractivity contribution in [2.75, 3.05) is 19.8 Å². The highest BCUT2D eigenvalue weighted by atomic mass is 16.5. The quantitative estimate of drug-likeness (QED) is 0.856. The second-order valence-corrected chi connectivity index (χ2v) is 6.37. The summed E-state index contributed by atoms with van der Waals surface area (Å²) >= 11 is 0. The van der Waals surface area contributed by atoms with Crippen molar-refractivity contribution in [1.29, 1.82) is 0 Å². The van der Waals surface area contributed by atoms with E-state index in [9.17, 15) is 4.79 Å². The van der Waals surface area contributed by atoms with Gasteiger partial charge < -0.3 is 15.2 Å². The van der Waals surface area contributed by atoms with Gasteiger partial charge in [0.1, 0.15) is 0 Å². The minimum atomic E-state index is -0.887. The number of carboxylic acids is 1. The van der Waals surface area contributed by atoms with Crippen LogP contribution in [0.25, 0.3) is 0 Å². The minimum absolute atomic E-state index is 0.0872. The van der Waals surface area contributed by atoms with Gasteiger partial charge in [-0.25, -0.2) is 4.79 Å². The van der Waals surface area contributed by atoms with Crippen molar-refractivity contribution in [2.45, 2.75) is 24.8 Å². The van der Waals surface area contributed by atoms with Crippen LogP contribution in [0, 0.1) is 0 Å². The molecule has 0 aromatic heterocycles. The molecule has 0 spiro atoms. The highest BCUT2D eigenvalue weighted by Gasteiger charge is 2.33. The average Bonchev–Trinajstić information content (AvgIpc) is 2.63. The first kappa shape index (κ1) is 16.7. The van der Waals surface area contributed by atoms with Crippen LogP contribution >= 0.6 is 0 Å². The Morgan fingerprint density at radius 1 is 1.08 bits per heavy atom. The molecular weight excluding hydrogens is 302 g/mol. The van der Waals surface area contributed by atoms with Crippen molar-refractivity contribution in [3.8, 4) is 0 Å². The van der Waals surface area contributed by atoms with E-state index in [1.807, 2.05) is 12.1 Å². The van der Waals surface area contributed by atoms with Crippen LogP contribution in [0.4, 0.5) is 0 Å². The molecule has 0 aliphatic carbocycles. The van der Waals surface area contributed by atoms with Gasteiger partial charge in [-0.2, -0.15) is 0 Å². The van der Waals surface area contributed by atoms with Crippen LogP contribution in [-0.4, -0.2) is 30.8 Å². The largest absolute Gasteiger partial charge is 0.478 e. The Morgan fingerprint density at radius 2 is 1.83 bits per heavy atom. The maximum absolute atomic E-state index is 11.1. The van der Waals surface area contributed by atoms with E-state index in [1.54, 1.807) is 18.2 Å². The summed E-state index contributed by atoms with van der Waals surface area (Å²) in [5.41, 5.74) is 2.76. The van der Waals surface area contributed by atoms with Crippen LogP contribution in [0.5, 0.6) is 0 Å². The molecular formula is C20H23NO3. The number of hydrogen-bond acceptors (Lipinski definition) is 3. The lowest BCUT2D eigenvalue weighted by atomic mass is 9.74. The van der Waals surface area contributed by atoms with E-state index in [1.165, 1.54) is 5.56 Å². The van der Waals surface area contributed by atoms with Crippen LogP contribution in [0.3, 0.4) is 0 Å². The molecule has 4 heteroatoms. The molecule has 24 heavy (non-hydrogen) atoms. The Bertz CT molecular complexity index is 678. The predicted octanol–water partition coefficient (Wildman–Crippen LogP) is 3.22. The Kier molecular flexibility index (Phi) is 5.28. The van der Waals surface area contributed by atoms with Gasteiger partial charge in [-0.1, -0.05) is 42.5 Å². The van der Waals surface area contributed by atoms with Crippen molar-refractivity contribution in [3.05, 3.63) is 71.3 Å². The van der Waals surface area contributed by atoms with Crippen molar-refractivity contribution < 1.29 is 14.6 Å². The molecule has 0 atom stereocenters. The third kappa shape index (κ3) is 3.83. The van der Waals surface area contributed by atoms with Crippen LogP contribution < -0.4 is 5.32 Å². The molecule has 4 nitrogen and oxygen atoms in total. The lowest BCUT2D eigenvalue weighted by molar-refractivity contribution is 0.0497. The van der Waals surface area contributed by atoms with Crippen molar-refractivity contribution in [2.24, 2.45) is 0 Å². The highest BCUT2D eigenvalue weighted by Crippen LogP contribution is 2.34. The van der Waals surface area contributed by atoms with Gasteiger partial charge in [0, 0.05) is 31.7 Å². The van der Waals surface area contributed by atoms with E-state index in [-0.39, 0.29) is 5.41 Å². The maximum atomic E-state index is 11.1. The van der Waals surface area contributed by atoms with Gasteiger partial charge in [0.25, 0.3) is 0 Å². The van der Waals surface area contributed by atoms with Crippen molar-refractivity contribution in [1.82, 2.24) is 5.32 Å². The monoisotopic (exact) mass is 325 g/mol. The minimum Gasteiger partial charge on any atom is -0.478 e. The second kappa shape index (κ2) is 7.60. The second-order valence-electron chi connectivity index (χ2n) is 6.37. The molecule has 0 saturated carbocycles. The fourth-order valence-corrected chi connectivity index (χ4v) is 3.38. The smallest absolute Gasteiger partial charge is 0.335 e. The molecule has 1 heterocycles. The van der Waals surface area contributed by atoms with Gasteiger partial charge >= 0.3 is 5.97 Å². The van der Waals surface area contributed by atoms with Crippen molar-refractivity contribution >= 4 is 5.97 Å². The molecule has 2 N–H and O–H groups in total. The summed E-state index contributed by atoms with van der Waals surface area (Å²) in [6, 6.07) is 17.7. The molecule has 2 aromatic rings. The number of aromatic carboxylic acids is 1.